The van der Waals surface area contributed by atoms with Crippen molar-refractivity contribution in [1.29, 1.82) is 0 Å². The second-order valence-electron chi connectivity index (χ2n) is 5.19. The van der Waals surface area contributed by atoms with E-state index in [4.69, 9.17) is 4.74 Å². The van der Waals surface area contributed by atoms with Crippen molar-refractivity contribution in [3.63, 3.8) is 0 Å². The van der Waals surface area contributed by atoms with E-state index in [2.05, 4.69) is 5.32 Å². The van der Waals surface area contributed by atoms with E-state index in [-0.39, 0.29) is 18.1 Å². The van der Waals surface area contributed by atoms with Crippen LogP contribution >= 0.6 is 0 Å². The Bertz CT molecular complexity index is 546. The average molecular weight is 294 g/mol. The molecule has 1 aliphatic heterocycles. The van der Waals surface area contributed by atoms with Gasteiger partial charge >= 0.3 is 5.69 Å². The van der Waals surface area contributed by atoms with Crippen LogP contribution in [0.3, 0.4) is 0 Å². The minimum absolute atomic E-state index is 0.111. The maximum atomic E-state index is 11.8. The molecule has 2 atom stereocenters. The number of hydrogen-bond donors (Lipinski definition) is 2. The quantitative estimate of drug-likeness (QED) is 0.493. The third kappa shape index (κ3) is 4.16. The van der Waals surface area contributed by atoms with Gasteiger partial charge in [0.2, 0.25) is 5.91 Å². The number of nitro groups is 1. The van der Waals surface area contributed by atoms with Crippen molar-refractivity contribution >= 4 is 17.3 Å². The molecule has 0 saturated carbocycles. The number of nitrogens with one attached hydrogen (secondary N) is 1. The molecule has 0 bridgehead atoms. The van der Waals surface area contributed by atoms with Gasteiger partial charge < -0.3 is 15.2 Å². The molecule has 0 unspecified atom stereocenters. The van der Waals surface area contributed by atoms with Gasteiger partial charge in [-0.2, -0.15) is 0 Å². The number of ether oxygens (including phenoxy) is 1. The third-order valence-electron chi connectivity index (χ3n) is 3.47. The number of carbonyl (C=O) groups is 1. The van der Waals surface area contributed by atoms with Gasteiger partial charge in [-0.1, -0.05) is 0 Å². The Labute approximate surface area is 122 Å². The summed E-state index contributed by atoms with van der Waals surface area (Å²) in [6.45, 7) is 2.01. The molecule has 1 saturated heterocycles. The first-order valence-electron chi connectivity index (χ1n) is 6.88. The molecule has 0 aliphatic carbocycles. The summed E-state index contributed by atoms with van der Waals surface area (Å²) in [7, 11) is 0. The smallest absolute Gasteiger partial charge is 0.312 e. The van der Waals surface area contributed by atoms with E-state index in [0.29, 0.717) is 18.5 Å². The lowest BCUT2D eigenvalue weighted by molar-refractivity contribution is -0.385. The van der Waals surface area contributed by atoms with Gasteiger partial charge in [-0.25, -0.2) is 0 Å². The number of aromatic hydroxyl groups is 1. The Morgan fingerprint density at radius 2 is 2.29 bits per heavy atom. The summed E-state index contributed by atoms with van der Waals surface area (Å²) >= 11 is 0. The third-order valence-corrected chi connectivity index (χ3v) is 3.47. The average Bonchev–Trinajstić information content (AvgIpc) is 2.84. The van der Waals surface area contributed by atoms with Crippen molar-refractivity contribution < 1.29 is 19.6 Å². The van der Waals surface area contributed by atoms with Crippen LogP contribution in [0.4, 0.5) is 11.4 Å². The van der Waals surface area contributed by atoms with Crippen LogP contribution < -0.4 is 5.32 Å². The number of nitro benzene ring substituents is 1. The van der Waals surface area contributed by atoms with E-state index in [9.17, 15) is 20.0 Å². The standard InChI is InChI=1S/C14H18N2O5/c1-9-2-4-11(21-9)5-7-14(18)15-10-3-6-13(17)12(8-10)16(19)20/h3,6,8-9,11,17H,2,4-5,7H2,1H3,(H,15,18)/t9-,11+/m1/s1. The maximum Gasteiger partial charge on any atom is 0.312 e. The van der Waals surface area contributed by atoms with Gasteiger partial charge in [0.25, 0.3) is 0 Å². The zero-order valence-corrected chi connectivity index (χ0v) is 11.7. The molecule has 21 heavy (non-hydrogen) atoms. The lowest BCUT2D eigenvalue weighted by Gasteiger charge is -2.11. The van der Waals surface area contributed by atoms with E-state index in [1.54, 1.807) is 0 Å². The van der Waals surface area contributed by atoms with Crippen LogP contribution in [0.25, 0.3) is 0 Å². The number of anilines is 1. The summed E-state index contributed by atoms with van der Waals surface area (Å²) in [5.41, 5.74) is -0.133. The van der Waals surface area contributed by atoms with Crippen molar-refractivity contribution in [2.45, 2.75) is 44.8 Å². The summed E-state index contributed by atoms with van der Waals surface area (Å²) in [5.74, 6) is -0.649. The molecular formula is C14H18N2O5. The molecular weight excluding hydrogens is 276 g/mol. The van der Waals surface area contributed by atoms with Crippen LogP contribution in [0, 0.1) is 10.1 Å². The zero-order valence-electron chi connectivity index (χ0n) is 11.7. The molecule has 7 nitrogen and oxygen atoms in total. The Balaban J connectivity index is 1.87. The molecule has 0 spiro atoms. The molecule has 1 fully saturated rings. The Morgan fingerprint density at radius 1 is 1.52 bits per heavy atom. The first-order chi connectivity index (χ1) is 9.95. The molecule has 1 aliphatic rings. The van der Waals surface area contributed by atoms with Crippen LogP contribution in [0.1, 0.15) is 32.6 Å². The van der Waals surface area contributed by atoms with E-state index in [1.807, 2.05) is 6.92 Å². The SMILES string of the molecule is C[C@@H]1CC[C@@H](CCC(=O)Nc2ccc(O)c([N+](=O)[O-])c2)O1. The largest absolute Gasteiger partial charge is 0.502 e. The number of rotatable bonds is 5. The van der Waals surface area contributed by atoms with E-state index >= 15 is 0 Å². The summed E-state index contributed by atoms with van der Waals surface area (Å²) in [6, 6.07) is 3.76. The molecule has 114 valence electrons. The summed E-state index contributed by atoms with van der Waals surface area (Å²) < 4.78 is 5.63. The Morgan fingerprint density at radius 3 is 2.90 bits per heavy atom. The topological polar surface area (TPSA) is 102 Å². The second kappa shape index (κ2) is 6.53. The minimum atomic E-state index is -0.696. The van der Waals surface area contributed by atoms with Crippen LogP contribution in [0.15, 0.2) is 18.2 Å². The second-order valence-corrected chi connectivity index (χ2v) is 5.19. The summed E-state index contributed by atoms with van der Waals surface area (Å²) in [5, 5.41) is 22.6. The highest BCUT2D eigenvalue weighted by atomic mass is 16.6. The number of hydrogen-bond acceptors (Lipinski definition) is 5. The number of phenolic OH excluding ortho intramolecular Hbond substituents is 1. The fourth-order valence-corrected chi connectivity index (χ4v) is 2.36. The van der Waals surface area contributed by atoms with Gasteiger partial charge in [0.1, 0.15) is 0 Å². The normalized spacial score (nSPS) is 21.2. The van der Waals surface area contributed by atoms with Gasteiger partial charge in [0.15, 0.2) is 5.75 Å². The summed E-state index contributed by atoms with van der Waals surface area (Å²) in [6.07, 6.45) is 3.26. The van der Waals surface area contributed by atoms with E-state index in [1.165, 1.54) is 12.1 Å². The molecule has 1 heterocycles. The first kappa shape index (κ1) is 15.2. The highest BCUT2D eigenvalue weighted by Gasteiger charge is 2.22. The van der Waals surface area contributed by atoms with Crippen molar-refractivity contribution in [2.75, 3.05) is 5.32 Å². The number of nitrogens with zero attached hydrogens (tertiary/aromatic N) is 1. The van der Waals surface area contributed by atoms with Crippen molar-refractivity contribution in [3.05, 3.63) is 28.3 Å². The fraction of sp³-hybridized carbons (Fsp3) is 0.500. The predicted octanol–water partition coefficient (Wildman–Crippen LogP) is 2.59. The Kier molecular flexibility index (Phi) is 4.74. The lowest BCUT2D eigenvalue weighted by Crippen LogP contribution is -2.16. The molecule has 2 rings (SSSR count). The lowest BCUT2D eigenvalue weighted by atomic mass is 10.1. The van der Waals surface area contributed by atoms with Crippen molar-refractivity contribution in [1.82, 2.24) is 0 Å². The van der Waals surface area contributed by atoms with Gasteiger partial charge in [-0.3, -0.25) is 14.9 Å². The minimum Gasteiger partial charge on any atom is -0.502 e. The van der Waals surface area contributed by atoms with Crippen molar-refractivity contribution in [3.8, 4) is 5.75 Å². The van der Waals surface area contributed by atoms with Crippen LogP contribution in [-0.2, 0) is 9.53 Å². The molecule has 1 aromatic rings. The number of phenols is 1. The highest BCUT2D eigenvalue weighted by molar-refractivity contribution is 5.91. The van der Waals surface area contributed by atoms with Crippen LogP contribution in [0.5, 0.6) is 5.75 Å². The highest BCUT2D eigenvalue weighted by Crippen LogP contribution is 2.29. The van der Waals surface area contributed by atoms with E-state index in [0.717, 1.165) is 18.9 Å². The first-order valence-corrected chi connectivity index (χ1v) is 6.88. The predicted molar refractivity (Wildman–Crippen MR) is 76.2 cm³/mol. The van der Waals surface area contributed by atoms with Crippen LogP contribution in [-0.4, -0.2) is 28.1 Å². The number of carbonyl (C=O) groups excluding carboxylic acids is 1. The zero-order chi connectivity index (χ0) is 15.4. The molecule has 1 amide bonds. The van der Waals surface area contributed by atoms with Gasteiger partial charge in [0, 0.05) is 18.2 Å². The van der Waals surface area contributed by atoms with Crippen LogP contribution in [0.2, 0.25) is 0 Å². The molecule has 0 aromatic heterocycles. The Hall–Kier alpha value is -2.15. The van der Waals surface area contributed by atoms with Crippen molar-refractivity contribution in [2.24, 2.45) is 0 Å². The molecule has 0 radical (unpaired) electrons. The molecule has 1 aromatic carbocycles. The van der Waals surface area contributed by atoms with Gasteiger partial charge in [0.05, 0.1) is 17.1 Å². The summed E-state index contributed by atoms with van der Waals surface area (Å²) in [4.78, 5) is 21.8. The number of amides is 1. The maximum absolute atomic E-state index is 11.8. The van der Waals surface area contributed by atoms with Gasteiger partial charge in [-0.15, -0.1) is 0 Å². The number of benzene rings is 1. The monoisotopic (exact) mass is 294 g/mol. The fourth-order valence-electron chi connectivity index (χ4n) is 2.36. The van der Waals surface area contributed by atoms with E-state index < -0.39 is 16.4 Å². The molecule has 7 heteroatoms. The molecule has 2 N–H and O–H groups in total. The van der Waals surface area contributed by atoms with Gasteiger partial charge in [-0.05, 0) is 38.3 Å².